The summed E-state index contributed by atoms with van der Waals surface area (Å²) in [7, 11) is 0. The summed E-state index contributed by atoms with van der Waals surface area (Å²) < 4.78 is 43.5. The fraction of sp³-hybridized carbons (Fsp3) is 0.407. The van der Waals surface area contributed by atoms with Crippen LogP contribution >= 0.6 is 0 Å². The van der Waals surface area contributed by atoms with Gasteiger partial charge >= 0.3 is 6.18 Å². The quantitative estimate of drug-likeness (QED) is 0.307. The van der Waals surface area contributed by atoms with E-state index in [1.165, 1.54) is 12.1 Å². The maximum Gasteiger partial charge on any atom is 0.407 e. The van der Waals surface area contributed by atoms with E-state index < -0.39 is 24.2 Å². The molecule has 0 saturated carbocycles. The predicted octanol–water partition coefficient (Wildman–Crippen LogP) is 5.49. The van der Waals surface area contributed by atoms with Crippen LogP contribution < -0.4 is 16.0 Å². The predicted molar refractivity (Wildman–Crippen MR) is 136 cm³/mol. The van der Waals surface area contributed by atoms with Crippen molar-refractivity contribution in [2.24, 2.45) is 5.92 Å². The number of nitrogens with one attached hydrogen (secondary N) is 3. The van der Waals surface area contributed by atoms with Crippen LogP contribution in [0, 0.1) is 5.92 Å². The molecule has 1 heterocycles. The molecule has 3 aromatic rings. The minimum Gasteiger partial charge on any atom is -0.383 e. The van der Waals surface area contributed by atoms with E-state index in [1.54, 1.807) is 29.1 Å². The number of halogens is 3. The highest BCUT2D eigenvalue weighted by atomic mass is 19.4. The molecular formula is C27H34F3N5O. The lowest BCUT2D eigenvalue weighted by molar-refractivity contribution is -0.161. The first-order valence-electron chi connectivity index (χ1n) is 12.2. The molecule has 6 nitrogen and oxygen atoms in total. The van der Waals surface area contributed by atoms with Gasteiger partial charge in [-0.2, -0.15) is 18.3 Å². The SMILES string of the molecule is CC[C@@H](CNc1ccc(-n2cccn2)cc1)NC(=O)[C@H](CC(C)C)N[C@@H](c1ccccc1)C(F)(F)F. The van der Waals surface area contributed by atoms with Crippen molar-refractivity contribution in [3.05, 3.63) is 78.6 Å². The Labute approximate surface area is 210 Å². The normalized spacial score (nSPS) is 14.3. The van der Waals surface area contributed by atoms with Crippen molar-refractivity contribution in [3.63, 3.8) is 0 Å². The van der Waals surface area contributed by atoms with Crippen LogP contribution in [0.5, 0.6) is 0 Å². The largest absolute Gasteiger partial charge is 0.407 e. The van der Waals surface area contributed by atoms with Gasteiger partial charge in [-0.05, 0) is 54.7 Å². The zero-order chi connectivity index (χ0) is 26.1. The third kappa shape index (κ3) is 7.84. The molecule has 2 aromatic carbocycles. The van der Waals surface area contributed by atoms with Gasteiger partial charge in [-0.25, -0.2) is 4.68 Å². The Morgan fingerprint density at radius 2 is 1.72 bits per heavy atom. The topological polar surface area (TPSA) is 71.0 Å². The van der Waals surface area contributed by atoms with Crippen LogP contribution in [0.1, 0.15) is 45.2 Å². The van der Waals surface area contributed by atoms with Crippen molar-refractivity contribution in [2.75, 3.05) is 11.9 Å². The number of hydrogen-bond acceptors (Lipinski definition) is 4. The molecule has 3 atom stereocenters. The maximum atomic E-state index is 13.9. The first-order chi connectivity index (χ1) is 17.2. The Hall–Kier alpha value is -3.33. The Kier molecular flexibility index (Phi) is 9.52. The van der Waals surface area contributed by atoms with Crippen LogP contribution in [-0.4, -0.2) is 40.5 Å². The molecule has 0 unspecified atom stereocenters. The van der Waals surface area contributed by atoms with Gasteiger partial charge in [0.05, 0.1) is 11.7 Å². The number of rotatable bonds is 12. The van der Waals surface area contributed by atoms with E-state index in [0.717, 1.165) is 11.4 Å². The molecule has 0 bridgehead atoms. The summed E-state index contributed by atoms with van der Waals surface area (Å²) in [6.45, 7) is 6.15. The average Bonchev–Trinajstić information content (AvgIpc) is 3.39. The molecule has 0 aliphatic carbocycles. The van der Waals surface area contributed by atoms with E-state index >= 15 is 0 Å². The lowest BCUT2D eigenvalue weighted by atomic mass is 9.99. The maximum absolute atomic E-state index is 13.9. The van der Waals surface area contributed by atoms with Crippen molar-refractivity contribution in [3.8, 4) is 5.69 Å². The molecule has 0 aliphatic heterocycles. The number of anilines is 1. The molecular weight excluding hydrogens is 467 g/mol. The fourth-order valence-corrected chi connectivity index (χ4v) is 3.94. The number of alkyl halides is 3. The highest BCUT2D eigenvalue weighted by molar-refractivity contribution is 5.82. The Morgan fingerprint density at radius 1 is 1.03 bits per heavy atom. The molecule has 3 rings (SSSR count). The second-order valence-corrected chi connectivity index (χ2v) is 9.23. The van der Waals surface area contributed by atoms with E-state index in [4.69, 9.17) is 0 Å². The first kappa shape index (κ1) is 27.3. The molecule has 194 valence electrons. The van der Waals surface area contributed by atoms with Crippen molar-refractivity contribution >= 4 is 11.6 Å². The third-order valence-corrected chi connectivity index (χ3v) is 5.88. The van der Waals surface area contributed by atoms with Gasteiger partial charge < -0.3 is 10.6 Å². The molecule has 36 heavy (non-hydrogen) atoms. The molecule has 1 amide bonds. The number of benzene rings is 2. The molecule has 1 aromatic heterocycles. The average molecular weight is 502 g/mol. The van der Waals surface area contributed by atoms with Crippen LogP contribution in [0.15, 0.2) is 73.1 Å². The minimum atomic E-state index is -4.54. The number of amides is 1. The summed E-state index contributed by atoms with van der Waals surface area (Å²) in [5, 5.41) is 13.0. The lowest BCUT2D eigenvalue weighted by Gasteiger charge is -2.29. The summed E-state index contributed by atoms with van der Waals surface area (Å²) in [5.41, 5.74) is 1.88. The second kappa shape index (κ2) is 12.6. The first-order valence-corrected chi connectivity index (χ1v) is 12.2. The number of carbonyl (C=O) groups is 1. The lowest BCUT2D eigenvalue weighted by Crippen LogP contribution is -2.52. The number of hydrogen-bond donors (Lipinski definition) is 3. The van der Waals surface area contributed by atoms with Crippen molar-refractivity contribution in [1.82, 2.24) is 20.4 Å². The van der Waals surface area contributed by atoms with Gasteiger partial charge in [0.15, 0.2) is 0 Å². The van der Waals surface area contributed by atoms with Gasteiger partial charge in [-0.3, -0.25) is 10.1 Å². The Balaban J connectivity index is 1.64. The number of nitrogens with zero attached hydrogens (tertiary/aromatic N) is 2. The van der Waals surface area contributed by atoms with Crippen LogP contribution in [0.4, 0.5) is 18.9 Å². The number of carbonyl (C=O) groups excluding carboxylic acids is 1. The van der Waals surface area contributed by atoms with Gasteiger partial charge in [0.2, 0.25) is 5.91 Å². The minimum absolute atomic E-state index is 0.0319. The molecule has 0 fully saturated rings. The highest BCUT2D eigenvalue weighted by Crippen LogP contribution is 2.33. The van der Waals surface area contributed by atoms with Crippen LogP contribution in [0.25, 0.3) is 5.69 Å². The van der Waals surface area contributed by atoms with Gasteiger partial charge in [-0.1, -0.05) is 51.1 Å². The monoisotopic (exact) mass is 501 g/mol. The molecule has 0 radical (unpaired) electrons. The zero-order valence-electron chi connectivity index (χ0n) is 20.8. The Bertz CT molecular complexity index is 1050. The van der Waals surface area contributed by atoms with Gasteiger partial charge in [0.1, 0.15) is 6.04 Å². The summed E-state index contributed by atoms with van der Waals surface area (Å²) in [5.74, 6) is -0.402. The van der Waals surface area contributed by atoms with Gasteiger partial charge in [0.25, 0.3) is 0 Å². The van der Waals surface area contributed by atoms with Crippen LogP contribution in [0.3, 0.4) is 0 Å². The van der Waals surface area contributed by atoms with Crippen LogP contribution in [-0.2, 0) is 4.79 Å². The standard InChI is InChI=1S/C27H34F3N5O/c1-4-21(18-31-22-11-13-23(14-12-22)35-16-8-15-32-35)33-26(36)24(17-19(2)3)34-25(27(28,29)30)20-9-6-5-7-10-20/h5-16,19,21,24-25,31,34H,4,17-18H2,1-3H3,(H,33,36)/t21-,24-,25-/m0/s1. The van der Waals surface area contributed by atoms with Gasteiger partial charge in [-0.15, -0.1) is 0 Å². The van der Waals surface area contributed by atoms with E-state index in [9.17, 15) is 18.0 Å². The highest BCUT2D eigenvalue weighted by Gasteiger charge is 2.42. The second-order valence-electron chi connectivity index (χ2n) is 9.23. The van der Waals surface area contributed by atoms with E-state index in [2.05, 4.69) is 21.0 Å². The molecule has 0 spiro atoms. The molecule has 0 saturated heterocycles. The summed E-state index contributed by atoms with van der Waals surface area (Å²) in [6, 6.07) is 14.0. The van der Waals surface area contributed by atoms with E-state index in [0.29, 0.717) is 13.0 Å². The molecule has 9 heteroatoms. The zero-order valence-corrected chi connectivity index (χ0v) is 20.8. The molecule has 3 N–H and O–H groups in total. The van der Waals surface area contributed by atoms with Crippen LogP contribution in [0.2, 0.25) is 0 Å². The van der Waals surface area contributed by atoms with Crippen molar-refractivity contribution < 1.29 is 18.0 Å². The van der Waals surface area contributed by atoms with Crippen molar-refractivity contribution in [2.45, 2.75) is 57.9 Å². The fourth-order valence-electron chi connectivity index (χ4n) is 3.94. The smallest absolute Gasteiger partial charge is 0.383 e. The van der Waals surface area contributed by atoms with Crippen molar-refractivity contribution in [1.29, 1.82) is 0 Å². The molecule has 0 aliphatic rings. The number of aromatic nitrogens is 2. The van der Waals surface area contributed by atoms with E-state index in [-0.39, 0.29) is 23.9 Å². The van der Waals surface area contributed by atoms with E-state index in [1.807, 2.05) is 57.3 Å². The summed E-state index contributed by atoms with van der Waals surface area (Å²) in [4.78, 5) is 13.2. The Morgan fingerprint density at radius 3 is 2.28 bits per heavy atom. The summed E-state index contributed by atoms with van der Waals surface area (Å²) >= 11 is 0. The van der Waals surface area contributed by atoms with Gasteiger partial charge in [0, 0.05) is 30.7 Å². The summed E-state index contributed by atoms with van der Waals surface area (Å²) in [6.07, 6.45) is -0.0680. The third-order valence-electron chi connectivity index (χ3n) is 5.88.